The Kier molecular flexibility index (Phi) is 4.00. The van der Waals surface area contributed by atoms with Gasteiger partial charge in [-0.1, -0.05) is 18.5 Å². The summed E-state index contributed by atoms with van der Waals surface area (Å²) in [6, 6.07) is 5.85. The van der Waals surface area contributed by atoms with Gasteiger partial charge in [0.1, 0.15) is 5.82 Å². The van der Waals surface area contributed by atoms with Gasteiger partial charge in [-0.15, -0.1) is 0 Å². The number of benzene rings is 1. The first-order valence-electron chi connectivity index (χ1n) is 6.01. The molecule has 3 nitrogen and oxygen atoms in total. The number of carbonyl (C=O) groups excluding carboxylic acids is 1. The Hall–Kier alpha value is -1.68. The molecule has 0 radical (unpaired) electrons. The third-order valence-electron chi connectivity index (χ3n) is 2.96. The van der Waals surface area contributed by atoms with Gasteiger partial charge in [-0.3, -0.25) is 9.48 Å². The van der Waals surface area contributed by atoms with Crippen LogP contribution in [0.25, 0.3) is 0 Å². The first kappa shape index (κ1) is 13.7. The van der Waals surface area contributed by atoms with Crippen LogP contribution >= 0.6 is 11.6 Å². The molecule has 0 saturated carbocycles. The fourth-order valence-corrected chi connectivity index (χ4v) is 2.05. The van der Waals surface area contributed by atoms with Gasteiger partial charge in [0.15, 0.2) is 5.78 Å². The van der Waals surface area contributed by atoms with Crippen molar-refractivity contribution >= 4 is 17.4 Å². The number of carbonyl (C=O) groups is 1. The Morgan fingerprint density at radius 1 is 1.42 bits per heavy atom. The third kappa shape index (κ3) is 3.01. The Labute approximate surface area is 116 Å². The summed E-state index contributed by atoms with van der Waals surface area (Å²) in [6.45, 7) is 1.99. The molecule has 0 fully saturated rings. The van der Waals surface area contributed by atoms with Crippen molar-refractivity contribution in [3.63, 3.8) is 0 Å². The van der Waals surface area contributed by atoms with E-state index in [1.54, 1.807) is 11.7 Å². The highest BCUT2D eigenvalue weighted by Crippen LogP contribution is 2.17. The fraction of sp³-hybridized carbons (Fsp3) is 0.286. The molecule has 19 heavy (non-hydrogen) atoms. The van der Waals surface area contributed by atoms with Crippen molar-refractivity contribution in [1.29, 1.82) is 0 Å². The first-order valence-corrected chi connectivity index (χ1v) is 6.39. The highest BCUT2D eigenvalue weighted by Gasteiger charge is 2.15. The van der Waals surface area contributed by atoms with Crippen molar-refractivity contribution in [3.8, 4) is 0 Å². The van der Waals surface area contributed by atoms with Gasteiger partial charge >= 0.3 is 0 Å². The van der Waals surface area contributed by atoms with Gasteiger partial charge in [0.05, 0.1) is 17.7 Å². The van der Waals surface area contributed by atoms with Crippen LogP contribution < -0.4 is 0 Å². The lowest BCUT2D eigenvalue weighted by atomic mass is 10.1. The Morgan fingerprint density at radius 2 is 2.16 bits per heavy atom. The van der Waals surface area contributed by atoms with E-state index in [9.17, 15) is 9.18 Å². The van der Waals surface area contributed by atoms with Gasteiger partial charge in [0, 0.05) is 17.8 Å². The minimum absolute atomic E-state index is 0.0201. The molecule has 0 atom stereocenters. The molecule has 1 aromatic heterocycles. The van der Waals surface area contributed by atoms with Crippen LogP contribution in [0.15, 0.2) is 24.3 Å². The second kappa shape index (κ2) is 5.53. The van der Waals surface area contributed by atoms with E-state index in [2.05, 4.69) is 5.10 Å². The number of ketones is 1. The molecule has 100 valence electrons. The van der Waals surface area contributed by atoms with Crippen LogP contribution in [0.5, 0.6) is 0 Å². The van der Waals surface area contributed by atoms with Crippen LogP contribution in [0.2, 0.25) is 5.02 Å². The average Bonchev–Trinajstić information content (AvgIpc) is 2.73. The van der Waals surface area contributed by atoms with Gasteiger partial charge in [-0.25, -0.2) is 4.39 Å². The maximum Gasteiger partial charge on any atom is 0.171 e. The summed E-state index contributed by atoms with van der Waals surface area (Å²) in [7, 11) is 1.77. The number of aromatic nitrogens is 2. The number of nitrogens with zero attached hydrogens (tertiary/aromatic N) is 2. The first-order chi connectivity index (χ1) is 9.01. The maximum atomic E-state index is 13.6. The molecule has 1 aromatic carbocycles. The molecule has 0 aliphatic heterocycles. The SMILES string of the molecule is CCc1cc(CC(=O)c2cc(Cl)ccc2F)n(C)n1. The Bertz CT molecular complexity index is 622. The monoisotopic (exact) mass is 280 g/mol. The Morgan fingerprint density at radius 3 is 2.79 bits per heavy atom. The average molecular weight is 281 g/mol. The summed E-state index contributed by atoms with van der Waals surface area (Å²) in [5.74, 6) is -0.849. The molecule has 0 spiro atoms. The standard InChI is InChI=1S/C14H14ClFN2O/c1-3-10-7-11(18(2)17-10)8-14(19)12-6-9(15)4-5-13(12)16/h4-7H,3,8H2,1-2H3. The quantitative estimate of drug-likeness (QED) is 0.806. The van der Waals surface area contributed by atoms with Gasteiger partial charge in [0.2, 0.25) is 0 Å². The van der Waals surface area contributed by atoms with Crippen LogP contribution in [-0.4, -0.2) is 15.6 Å². The molecule has 0 saturated heterocycles. The zero-order valence-corrected chi connectivity index (χ0v) is 11.5. The van der Waals surface area contributed by atoms with Gasteiger partial charge < -0.3 is 0 Å². The number of halogens is 2. The zero-order chi connectivity index (χ0) is 14.0. The second-order valence-electron chi connectivity index (χ2n) is 4.33. The minimum atomic E-state index is -0.549. The summed E-state index contributed by atoms with van der Waals surface area (Å²) in [6.07, 6.45) is 0.911. The molecule has 0 bridgehead atoms. The van der Waals surface area contributed by atoms with Gasteiger partial charge in [-0.2, -0.15) is 5.10 Å². The van der Waals surface area contributed by atoms with E-state index in [0.29, 0.717) is 5.02 Å². The van der Waals surface area contributed by atoms with E-state index < -0.39 is 5.82 Å². The number of hydrogen-bond acceptors (Lipinski definition) is 2. The molecule has 0 aliphatic carbocycles. The number of aryl methyl sites for hydroxylation is 2. The van der Waals surface area contributed by atoms with Crippen molar-refractivity contribution in [2.24, 2.45) is 7.05 Å². The summed E-state index contributed by atoms with van der Waals surface area (Å²) < 4.78 is 15.2. The van der Waals surface area contributed by atoms with Gasteiger partial charge in [-0.05, 0) is 30.7 Å². The molecule has 5 heteroatoms. The summed E-state index contributed by atoms with van der Waals surface area (Å²) in [4.78, 5) is 12.1. The van der Waals surface area contributed by atoms with Crippen LogP contribution in [0.1, 0.15) is 28.7 Å². The highest BCUT2D eigenvalue weighted by molar-refractivity contribution is 6.31. The zero-order valence-electron chi connectivity index (χ0n) is 10.8. The normalized spacial score (nSPS) is 10.7. The van der Waals surface area contributed by atoms with E-state index in [4.69, 9.17) is 11.6 Å². The van der Waals surface area contributed by atoms with E-state index in [0.717, 1.165) is 17.8 Å². The highest BCUT2D eigenvalue weighted by atomic mass is 35.5. The predicted octanol–water partition coefficient (Wildman–Crippen LogP) is 3.20. The second-order valence-corrected chi connectivity index (χ2v) is 4.76. The molecule has 1 heterocycles. The van der Waals surface area contributed by atoms with E-state index in [1.807, 2.05) is 13.0 Å². The third-order valence-corrected chi connectivity index (χ3v) is 3.20. The van der Waals surface area contributed by atoms with Crippen molar-refractivity contribution in [1.82, 2.24) is 9.78 Å². The predicted molar refractivity (Wildman–Crippen MR) is 72.0 cm³/mol. The van der Waals surface area contributed by atoms with E-state index in [1.165, 1.54) is 18.2 Å². The number of hydrogen-bond donors (Lipinski definition) is 0. The number of Topliss-reactive ketones (excluding diaryl/α,β-unsaturated/α-hetero) is 1. The summed E-state index contributed by atoms with van der Waals surface area (Å²) in [5.41, 5.74) is 1.70. The lowest BCUT2D eigenvalue weighted by Gasteiger charge is -2.03. The molecular formula is C14H14ClFN2O. The van der Waals surface area contributed by atoms with Crippen LogP contribution in [0.4, 0.5) is 4.39 Å². The molecule has 0 aliphatic rings. The minimum Gasteiger partial charge on any atom is -0.294 e. The van der Waals surface area contributed by atoms with E-state index in [-0.39, 0.29) is 17.8 Å². The van der Waals surface area contributed by atoms with Crippen LogP contribution in [0.3, 0.4) is 0 Å². The topological polar surface area (TPSA) is 34.9 Å². The smallest absolute Gasteiger partial charge is 0.171 e. The lowest BCUT2D eigenvalue weighted by Crippen LogP contribution is -2.09. The fourth-order valence-electron chi connectivity index (χ4n) is 1.88. The molecule has 0 amide bonds. The lowest BCUT2D eigenvalue weighted by molar-refractivity contribution is 0.0987. The van der Waals surface area contributed by atoms with E-state index >= 15 is 0 Å². The van der Waals surface area contributed by atoms with Crippen molar-refractivity contribution in [2.75, 3.05) is 0 Å². The van der Waals surface area contributed by atoms with Gasteiger partial charge in [0.25, 0.3) is 0 Å². The molecule has 2 rings (SSSR count). The molecular weight excluding hydrogens is 267 g/mol. The Balaban J connectivity index is 2.25. The maximum absolute atomic E-state index is 13.6. The van der Waals surface area contributed by atoms with Crippen LogP contribution in [-0.2, 0) is 19.9 Å². The number of rotatable bonds is 4. The summed E-state index contributed by atoms with van der Waals surface area (Å²) >= 11 is 5.79. The summed E-state index contributed by atoms with van der Waals surface area (Å²) in [5, 5.41) is 4.61. The molecule has 0 unspecified atom stereocenters. The van der Waals surface area contributed by atoms with Crippen molar-refractivity contribution in [2.45, 2.75) is 19.8 Å². The van der Waals surface area contributed by atoms with Crippen molar-refractivity contribution < 1.29 is 9.18 Å². The molecule has 2 aromatic rings. The van der Waals surface area contributed by atoms with Crippen molar-refractivity contribution in [3.05, 3.63) is 52.1 Å². The van der Waals surface area contributed by atoms with Crippen LogP contribution in [0, 0.1) is 5.82 Å². The molecule has 0 N–H and O–H groups in total. The largest absolute Gasteiger partial charge is 0.294 e.